The SMILES string of the molecule is CN1CCc2c(sc(NC(=O)c3cc4cc(Cl)ccc4[nH]3)c2C(N)=O)C1. The third-order valence-corrected chi connectivity index (χ3v) is 5.92. The van der Waals surface area contributed by atoms with Crippen molar-refractivity contribution in [1.82, 2.24) is 9.88 Å². The molecule has 0 unspecified atom stereocenters. The summed E-state index contributed by atoms with van der Waals surface area (Å²) in [6.45, 7) is 1.61. The van der Waals surface area contributed by atoms with Crippen LogP contribution >= 0.6 is 22.9 Å². The van der Waals surface area contributed by atoms with E-state index in [1.807, 2.05) is 13.1 Å². The summed E-state index contributed by atoms with van der Waals surface area (Å²) < 4.78 is 0. The van der Waals surface area contributed by atoms with Gasteiger partial charge in [-0.3, -0.25) is 9.59 Å². The van der Waals surface area contributed by atoms with Gasteiger partial charge in [0.2, 0.25) is 0 Å². The van der Waals surface area contributed by atoms with Crippen LogP contribution in [0.15, 0.2) is 24.3 Å². The third kappa shape index (κ3) is 2.98. The van der Waals surface area contributed by atoms with E-state index in [0.29, 0.717) is 21.3 Å². The monoisotopic (exact) mass is 388 g/mol. The van der Waals surface area contributed by atoms with Crippen molar-refractivity contribution in [3.05, 3.63) is 51.0 Å². The molecular formula is C18H17ClN4O2S. The largest absolute Gasteiger partial charge is 0.365 e. The van der Waals surface area contributed by atoms with Gasteiger partial charge in [-0.2, -0.15) is 0 Å². The van der Waals surface area contributed by atoms with Gasteiger partial charge in [0.1, 0.15) is 10.7 Å². The average Bonchev–Trinajstić information content (AvgIpc) is 3.14. The highest BCUT2D eigenvalue weighted by Gasteiger charge is 2.27. The van der Waals surface area contributed by atoms with Gasteiger partial charge in [-0.1, -0.05) is 11.6 Å². The summed E-state index contributed by atoms with van der Waals surface area (Å²) in [5.74, 6) is -0.822. The van der Waals surface area contributed by atoms with Gasteiger partial charge in [-0.25, -0.2) is 0 Å². The van der Waals surface area contributed by atoms with Gasteiger partial charge in [-0.05, 0) is 43.3 Å². The fourth-order valence-electron chi connectivity index (χ4n) is 3.28. The van der Waals surface area contributed by atoms with Gasteiger partial charge in [0.25, 0.3) is 11.8 Å². The van der Waals surface area contributed by atoms with Crippen LogP contribution in [0.3, 0.4) is 0 Å². The van der Waals surface area contributed by atoms with E-state index in [2.05, 4.69) is 15.2 Å². The Kier molecular flexibility index (Phi) is 4.22. The van der Waals surface area contributed by atoms with E-state index in [-0.39, 0.29) is 5.91 Å². The summed E-state index contributed by atoms with van der Waals surface area (Å²) in [7, 11) is 2.03. The molecule has 0 saturated carbocycles. The minimum Gasteiger partial charge on any atom is -0.365 e. The van der Waals surface area contributed by atoms with Crippen LogP contribution in [0.4, 0.5) is 5.00 Å². The average molecular weight is 389 g/mol. The number of amides is 2. The number of H-pyrrole nitrogens is 1. The molecule has 8 heteroatoms. The quantitative estimate of drug-likeness (QED) is 0.643. The molecule has 3 aromatic rings. The van der Waals surface area contributed by atoms with Gasteiger partial charge in [0.15, 0.2) is 0 Å². The Morgan fingerprint density at radius 1 is 1.35 bits per heavy atom. The molecule has 3 heterocycles. The smallest absolute Gasteiger partial charge is 0.272 e. The summed E-state index contributed by atoms with van der Waals surface area (Å²) in [5.41, 5.74) is 8.21. The highest BCUT2D eigenvalue weighted by Crippen LogP contribution is 2.37. The Morgan fingerprint density at radius 3 is 2.92 bits per heavy atom. The normalized spacial score (nSPS) is 14.4. The maximum atomic E-state index is 12.7. The minimum atomic E-state index is -0.509. The van der Waals surface area contributed by atoms with Gasteiger partial charge < -0.3 is 20.9 Å². The number of likely N-dealkylation sites (N-methyl/N-ethyl adjacent to an activating group) is 1. The standard InChI is InChI=1S/C18H17ClN4O2S/c1-23-5-4-11-14(8-23)26-18(15(11)16(20)24)22-17(25)13-7-9-6-10(19)2-3-12(9)21-13/h2-3,6-7,21H,4-5,8H2,1H3,(H2,20,24)(H,22,25). The molecule has 4 N–H and O–H groups in total. The number of nitrogens with two attached hydrogens (primary N) is 1. The minimum absolute atomic E-state index is 0.313. The zero-order valence-corrected chi connectivity index (χ0v) is 15.6. The summed E-state index contributed by atoms with van der Waals surface area (Å²) in [5, 5.41) is 4.82. The second kappa shape index (κ2) is 6.42. The first-order chi connectivity index (χ1) is 12.4. The summed E-state index contributed by atoms with van der Waals surface area (Å²) in [6.07, 6.45) is 0.751. The van der Waals surface area contributed by atoms with Crippen molar-refractivity contribution in [3.8, 4) is 0 Å². The predicted molar refractivity (Wildman–Crippen MR) is 104 cm³/mol. The molecule has 1 aromatic carbocycles. The zero-order valence-electron chi connectivity index (χ0n) is 14.1. The maximum Gasteiger partial charge on any atom is 0.272 e. The molecule has 0 saturated heterocycles. The number of aromatic amines is 1. The van der Waals surface area contributed by atoms with Crippen LogP contribution in [0, 0.1) is 0 Å². The number of rotatable bonds is 3. The molecule has 0 aliphatic carbocycles. The van der Waals surface area contributed by atoms with Crippen LogP contribution in [0.5, 0.6) is 0 Å². The summed E-state index contributed by atoms with van der Waals surface area (Å²) in [4.78, 5) is 31.0. The van der Waals surface area contributed by atoms with E-state index < -0.39 is 5.91 Å². The van der Waals surface area contributed by atoms with Crippen LogP contribution in [-0.2, 0) is 13.0 Å². The number of nitrogens with zero attached hydrogens (tertiary/aromatic N) is 1. The summed E-state index contributed by atoms with van der Waals surface area (Å²) >= 11 is 7.41. The molecule has 6 nitrogen and oxygen atoms in total. The highest BCUT2D eigenvalue weighted by atomic mass is 35.5. The topological polar surface area (TPSA) is 91.2 Å². The fraction of sp³-hybridized carbons (Fsp3) is 0.222. The number of aromatic nitrogens is 1. The van der Waals surface area contributed by atoms with Crippen LogP contribution in [-0.4, -0.2) is 35.3 Å². The molecule has 26 heavy (non-hydrogen) atoms. The molecule has 0 bridgehead atoms. The van der Waals surface area contributed by atoms with Crippen molar-refractivity contribution < 1.29 is 9.59 Å². The molecule has 0 fully saturated rings. The van der Waals surface area contributed by atoms with E-state index in [1.165, 1.54) is 11.3 Å². The highest BCUT2D eigenvalue weighted by molar-refractivity contribution is 7.17. The number of hydrogen-bond acceptors (Lipinski definition) is 4. The lowest BCUT2D eigenvalue weighted by Gasteiger charge is -2.22. The number of carbonyl (C=O) groups is 2. The Morgan fingerprint density at radius 2 is 2.15 bits per heavy atom. The lowest BCUT2D eigenvalue weighted by atomic mass is 10.0. The van der Waals surface area contributed by atoms with Gasteiger partial charge in [0.05, 0.1) is 5.56 Å². The van der Waals surface area contributed by atoms with Crippen LogP contribution in [0.1, 0.15) is 31.3 Å². The van der Waals surface area contributed by atoms with Gasteiger partial charge in [0, 0.05) is 33.9 Å². The van der Waals surface area contributed by atoms with Gasteiger partial charge in [-0.15, -0.1) is 11.3 Å². The Bertz CT molecular complexity index is 1040. The number of hydrogen-bond donors (Lipinski definition) is 3. The molecule has 2 amide bonds. The first kappa shape index (κ1) is 17.1. The number of anilines is 1. The number of benzene rings is 1. The van der Waals surface area contributed by atoms with Crippen LogP contribution in [0.2, 0.25) is 5.02 Å². The molecule has 0 atom stereocenters. The number of halogens is 1. The van der Waals surface area contributed by atoms with Crippen LogP contribution < -0.4 is 11.1 Å². The van der Waals surface area contributed by atoms with Crippen molar-refractivity contribution in [3.63, 3.8) is 0 Å². The van der Waals surface area contributed by atoms with Crippen molar-refractivity contribution in [1.29, 1.82) is 0 Å². The molecule has 0 spiro atoms. The number of thiophene rings is 1. The van der Waals surface area contributed by atoms with Crippen molar-refractivity contribution in [2.75, 3.05) is 18.9 Å². The second-order valence-electron chi connectivity index (χ2n) is 6.43. The molecule has 134 valence electrons. The van der Waals surface area contributed by atoms with E-state index in [9.17, 15) is 9.59 Å². The van der Waals surface area contributed by atoms with Gasteiger partial charge >= 0.3 is 0 Å². The number of carbonyl (C=O) groups excluding carboxylic acids is 2. The number of nitrogens with one attached hydrogen (secondary N) is 2. The second-order valence-corrected chi connectivity index (χ2v) is 7.97. The maximum absolute atomic E-state index is 12.7. The van der Waals surface area contributed by atoms with Crippen molar-refractivity contribution in [2.24, 2.45) is 5.73 Å². The van der Waals surface area contributed by atoms with Crippen LogP contribution in [0.25, 0.3) is 10.9 Å². The van der Waals surface area contributed by atoms with E-state index in [0.717, 1.165) is 40.9 Å². The Balaban J connectivity index is 1.67. The van der Waals surface area contributed by atoms with Crippen molar-refractivity contribution >= 4 is 50.7 Å². The lowest BCUT2D eigenvalue weighted by Crippen LogP contribution is -2.27. The fourth-order valence-corrected chi connectivity index (χ4v) is 4.78. The molecule has 1 aliphatic rings. The molecule has 2 aromatic heterocycles. The van der Waals surface area contributed by atoms with E-state index in [4.69, 9.17) is 17.3 Å². The first-order valence-electron chi connectivity index (χ1n) is 8.15. The molecule has 1 aliphatic heterocycles. The molecule has 0 radical (unpaired) electrons. The molecular weight excluding hydrogens is 372 g/mol. The Hall–Kier alpha value is -2.35. The zero-order chi connectivity index (χ0) is 18.4. The first-order valence-corrected chi connectivity index (χ1v) is 9.34. The predicted octanol–water partition coefficient (Wildman–Crippen LogP) is 3.22. The van der Waals surface area contributed by atoms with Crippen molar-refractivity contribution in [2.45, 2.75) is 13.0 Å². The molecule has 4 rings (SSSR count). The number of primary amides is 1. The number of fused-ring (bicyclic) bond motifs is 2. The summed E-state index contributed by atoms with van der Waals surface area (Å²) in [6, 6.07) is 7.11. The third-order valence-electron chi connectivity index (χ3n) is 4.55. The Labute approximate surface area is 158 Å². The lowest BCUT2D eigenvalue weighted by molar-refractivity contribution is 0.1000. The van der Waals surface area contributed by atoms with E-state index >= 15 is 0 Å². The van der Waals surface area contributed by atoms with E-state index in [1.54, 1.807) is 18.2 Å².